The monoisotopic (exact) mass is 436 g/mol. The lowest BCUT2D eigenvalue weighted by Crippen LogP contribution is -2.43. The Hall–Kier alpha value is -3.68. The van der Waals surface area contributed by atoms with E-state index in [0.29, 0.717) is 29.8 Å². The number of esters is 1. The van der Waals surface area contributed by atoms with Crippen molar-refractivity contribution in [3.63, 3.8) is 0 Å². The highest BCUT2D eigenvalue weighted by atomic mass is 16.6. The Labute approximate surface area is 185 Å². The van der Waals surface area contributed by atoms with Gasteiger partial charge in [-0.15, -0.1) is 0 Å². The smallest absolute Gasteiger partial charge is 0.335 e. The van der Waals surface area contributed by atoms with Crippen LogP contribution in [0.25, 0.3) is 0 Å². The van der Waals surface area contributed by atoms with Gasteiger partial charge < -0.3 is 20.5 Å². The summed E-state index contributed by atoms with van der Waals surface area (Å²) in [7, 11) is 0. The first kappa shape index (κ1) is 21.5. The predicted molar refractivity (Wildman–Crippen MR) is 116 cm³/mol. The number of carboxylic acids is 1. The summed E-state index contributed by atoms with van der Waals surface area (Å²) in [4.78, 5) is 48.2. The number of carbonyl (C=O) groups is 4. The molecular formula is C24H24N2O6. The molecular weight excluding hydrogens is 412 g/mol. The lowest BCUT2D eigenvalue weighted by molar-refractivity contribution is -0.153. The number of benzene rings is 2. The van der Waals surface area contributed by atoms with Crippen LogP contribution in [0.4, 0.5) is 11.4 Å². The first-order valence-electron chi connectivity index (χ1n) is 10.6. The van der Waals surface area contributed by atoms with Gasteiger partial charge >= 0.3 is 11.9 Å². The van der Waals surface area contributed by atoms with Crippen LogP contribution in [-0.2, 0) is 14.3 Å². The third-order valence-corrected chi connectivity index (χ3v) is 6.14. The molecule has 0 radical (unpaired) electrons. The molecule has 2 aromatic carbocycles. The number of hydrogen-bond acceptors (Lipinski definition) is 5. The van der Waals surface area contributed by atoms with E-state index in [0.717, 1.165) is 19.3 Å². The summed E-state index contributed by atoms with van der Waals surface area (Å²) in [6.45, 7) is 0. The van der Waals surface area contributed by atoms with Crippen molar-refractivity contribution in [1.82, 2.24) is 0 Å². The molecule has 3 N–H and O–H groups in total. The van der Waals surface area contributed by atoms with Gasteiger partial charge in [0.25, 0.3) is 5.91 Å². The van der Waals surface area contributed by atoms with Crippen molar-refractivity contribution in [1.29, 1.82) is 0 Å². The SMILES string of the molecule is O=C1C[C@@H](C(=O)Nc2ccc(C(=O)Nc3ccc(C(=O)O)cc3)cc2)C2(CCCCC2)O1. The van der Waals surface area contributed by atoms with Gasteiger partial charge in [0.2, 0.25) is 5.91 Å². The number of rotatable bonds is 5. The van der Waals surface area contributed by atoms with Crippen LogP contribution >= 0.6 is 0 Å². The van der Waals surface area contributed by atoms with Crippen molar-refractivity contribution in [2.45, 2.75) is 44.1 Å². The maximum Gasteiger partial charge on any atom is 0.335 e. The van der Waals surface area contributed by atoms with E-state index in [1.54, 1.807) is 24.3 Å². The van der Waals surface area contributed by atoms with Crippen LogP contribution in [0.3, 0.4) is 0 Å². The molecule has 0 bridgehead atoms. The van der Waals surface area contributed by atoms with Crippen molar-refractivity contribution in [2.24, 2.45) is 5.92 Å². The molecule has 1 atom stereocenters. The van der Waals surface area contributed by atoms with Gasteiger partial charge in [0.15, 0.2) is 0 Å². The zero-order chi connectivity index (χ0) is 22.7. The Balaban J connectivity index is 1.39. The fraction of sp³-hybridized carbons (Fsp3) is 0.333. The Morgan fingerprint density at radius 1 is 0.844 bits per heavy atom. The van der Waals surface area contributed by atoms with Crippen LogP contribution in [0, 0.1) is 5.92 Å². The second-order valence-electron chi connectivity index (χ2n) is 8.26. The van der Waals surface area contributed by atoms with Gasteiger partial charge in [-0.25, -0.2) is 4.79 Å². The molecule has 2 fully saturated rings. The summed E-state index contributed by atoms with van der Waals surface area (Å²) < 4.78 is 5.60. The Kier molecular flexibility index (Phi) is 5.94. The first-order chi connectivity index (χ1) is 15.4. The molecule has 2 aliphatic rings. The molecule has 2 aromatic rings. The van der Waals surface area contributed by atoms with Crippen molar-refractivity contribution >= 4 is 35.1 Å². The maximum absolute atomic E-state index is 12.9. The molecule has 1 heterocycles. The highest BCUT2D eigenvalue weighted by molar-refractivity contribution is 6.05. The number of carboxylic acid groups (broad SMARTS) is 1. The van der Waals surface area contributed by atoms with Gasteiger partial charge in [0, 0.05) is 16.9 Å². The molecule has 8 nitrogen and oxygen atoms in total. The van der Waals surface area contributed by atoms with E-state index in [4.69, 9.17) is 9.84 Å². The standard InChI is InChI=1S/C24H24N2O6/c27-20-14-19(24(32-20)12-2-1-3-13-24)22(29)26-18-8-4-15(5-9-18)21(28)25-17-10-6-16(7-11-17)23(30)31/h4-11,19H,1-3,12-14H2,(H,25,28)(H,26,29)(H,30,31)/t19-/m0/s1. The van der Waals surface area contributed by atoms with E-state index in [2.05, 4.69) is 10.6 Å². The van der Waals surface area contributed by atoms with Gasteiger partial charge in [-0.1, -0.05) is 6.42 Å². The van der Waals surface area contributed by atoms with Gasteiger partial charge in [-0.3, -0.25) is 14.4 Å². The zero-order valence-electron chi connectivity index (χ0n) is 17.4. The van der Waals surface area contributed by atoms with E-state index in [-0.39, 0.29) is 29.8 Å². The van der Waals surface area contributed by atoms with E-state index >= 15 is 0 Å². The molecule has 4 rings (SSSR count). The Morgan fingerprint density at radius 3 is 2.00 bits per heavy atom. The van der Waals surface area contributed by atoms with Crippen LogP contribution in [-0.4, -0.2) is 34.5 Å². The molecule has 0 unspecified atom stereocenters. The van der Waals surface area contributed by atoms with Crippen LogP contribution in [0.1, 0.15) is 59.2 Å². The minimum atomic E-state index is -1.04. The van der Waals surface area contributed by atoms with Crippen molar-refractivity contribution in [3.05, 3.63) is 59.7 Å². The molecule has 1 saturated heterocycles. The fourth-order valence-electron chi connectivity index (χ4n) is 4.46. The summed E-state index contributed by atoms with van der Waals surface area (Å²) in [5.74, 6) is -2.47. The molecule has 1 aliphatic carbocycles. The number of anilines is 2. The van der Waals surface area contributed by atoms with Crippen molar-refractivity contribution in [2.75, 3.05) is 10.6 Å². The molecule has 0 aromatic heterocycles. The average molecular weight is 436 g/mol. The number of hydrogen-bond donors (Lipinski definition) is 3. The summed E-state index contributed by atoms with van der Waals surface area (Å²) >= 11 is 0. The minimum absolute atomic E-state index is 0.0903. The number of carbonyl (C=O) groups excluding carboxylic acids is 3. The summed E-state index contributed by atoms with van der Waals surface area (Å²) in [5, 5.41) is 14.5. The van der Waals surface area contributed by atoms with Crippen molar-refractivity contribution in [3.8, 4) is 0 Å². The molecule has 166 valence electrons. The number of aromatic carboxylic acids is 1. The predicted octanol–water partition coefficient (Wildman–Crippen LogP) is 3.84. The van der Waals surface area contributed by atoms with Crippen LogP contribution in [0.15, 0.2) is 48.5 Å². The van der Waals surface area contributed by atoms with E-state index in [1.165, 1.54) is 24.3 Å². The lowest BCUT2D eigenvalue weighted by atomic mass is 9.75. The van der Waals surface area contributed by atoms with E-state index in [1.807, 2.05) is 0 Å². The third kappa shape index (κ3) is 4.49. The maximum atomic E-state index is 12.9. The van der Waals surface area contributed by atoms with Crippen LogP contribution in [0.5, 0.6) is 0 Å². The highest BCUT2D eigenvalue weighted by Gasteiger charge is 2.52. The molecule has 2 amide bonds. The second-order valence-corrected chi connectivity index (χ2v) is 8.26. The summed E-state index contributed by atoms with van der Waals surface area (Å²) in [6.07, 6.45) is 4.49. The molecule has 32 heavy (non-hydrogen) atoms. The van der Waals surface area contributed by atoms with Gasteiger partial charge in [-0.2, -0.15) is 0 Å². The summed E-state index contributed by atoms with van der Waals surface area (Å²) in [5.41, 5.74) is 0.833. The number of nitrogens with one attached hydrogen (secondary N) is 2. The van der Waals surface area contributed by atoms with E-state index in [9.17, 15) is 19.2 Å². The molecule has 8 heteroatoms. The summed E-state index contributed by atoms with van der Waals surface area (Å²) in [6, 6.07) is 12.3. The topological polar surface area (TPSA) is 122 Å². The first-order valence-corrected chi connectivity index (χ1v) is 10.6. The normalized spacial score (nSPS) is 19.2. The average Bonchev–Trinajstić information content (AvgIpc) is 3.10. The van der Waals surface area contributed by atoms with Crippen molar-refractivity contribution < 1.29 is 29.0 Å². The molecule has 1 aliphatic heterocycles. The lowest BCUT2D eigenvalue weighted by Gasteiger charge is -2.36. The van der Waals surface area contributed by atoms with Gasteiger partial charge in [0.1, 0.15) is 5.60 Å². The largest absolute Gasteiger partial charge is 0.478 e. The van der Waals surface area contributed by atoms with E-state index < -0.39 is 17.5 Å². The Morgan fingerprint density at radius 2 is 1.41 bits per heavy atom. The number of ether oxygens (including phenoxy) is 1. The quantitative estimate of drug-likeness (QED) is 0.612. The van der Waals surface area contributed by atoms with Gasteiger partial charge in [0.05, 0.1) is 17.9 Å². The fourth-order valence-corrected chi connectivity index (χ4v) is 4.46. The second kappa shape index (κ2) is 8.82. The zero-order valence-corrected chi connectivity index (χ0v) is 17.4. The highest BCUT2D eigenvalue weighted by Crippen LogP contribution is 2.44. The number of amides is 2. The van der Waals surface area contributed by atoms with Gasteiger partial charge in [-0.05, 0) is 74.2 Å². The molecule has 1 saturated carbocycles. The minimum Gasteiger partial charge on any atom is -0.478 e. The Bertz CT molecular complexity index is 1040. The van der Waals surface area contributed by atoms with Crippen LogP contribution in [0.2, 0.25) is 0 Å². The van der Waals surface area contributed by atoms with Crippen LogP contribution < -0.4 is 10.6 Å². The molecule has 1 spiro atoms. The third-order valence-electron chi connectivity index (χ3n) is 6.14.